The Morgan fingerprint density at radius 1 is 1.05 bits per heavy atom. The Bertz CT molecular complexity index is 429. The zero-order valence-corrected chi connectivity index (χ0v) is 13.5. The molecule has 0 aliphatic heterocycles. The van der Waals surface area contributed by atoms with E-state index in [1.165, 1.54) is 50.5 Å². The van der Waals surface area contributed by atoms with E-state index in [2.05, 4.69) is 36.5 Å². The molecule has 0 unspecified atom stereocenters. The summed E-state index contributed by atoms with van der Waals surface area (Å²) in [7, 11) is 1.73. The lowest BCUT2D eigenvalue weighted by Crippen LogP contribution is -2.47. The van der Waals surface area contributed by atoms with Crippen molar-refractivity contribution in [3.8, 4) is 5.75 Å². The van der Waals surface area contributed by atoms with Gasteiger partial charge in [-0.1, -0.05) is 31.4 Å². The van der Waals surface area contributed by atoms with E-state index in [1.54, 1.807) is 7.11 Å². The van der Waals surface area contributed by atoms with Gasteiger partial charge in [0, 0.05) is 12.1 Å². The van der Waals surface area contributed by atoms with Gasteiger partial charge in [0.15, 0.2) is 0 Å². The van der Waals surface area contributed by atoms with Crippen LogP contribution in [0.3, 0.4) is 0 Å². The predicted octanol–water partition coefficient (Wildman–Crippen LogP) is 4.50. The Morgan fingerprint density at radius 3 is 2.33 bits per heavy atom. The van der Waals surface area contributed by atoms with Gasteiger partial charge >= 0.3 is 0 Å². The van der Waals surface area contributed by atoms with Crippen molar-refractivity contribution in [2.45, 2.75) is 69.9 Å². The number of methoxy groups -OCH3 is 1. The van der Waals surface area contributed by atoms with Crippen LogP contribution in [0.15, 0.2) is 24.3 Å². The number of rotatable bonds is 5. The monoisotopic (exact) mass is 287 g/mol. The standard InChI is InChI=1S/C19H29NO/c1-14(15-6-4-3-5-7-15)20-18-12-17(13-18)16-8-10-19(21-2)11-9-16/h8-11,14-15,17-18,20H,3-7,12-13H2,1-2H3/t14-,17?,18?/m1/s1. The maximum Gasteiger partial charge on any atom is 0.118 e. The van der Waals surface area contributed by atoms with Crippen molar-refractivity contribution in [2.75, 3.05) is 7.11 Å². The van der Waals surface area contributed by atoms with Gasteiger partial charge in [0.1, 0.15) is 5.75 Å². The topological polar surface area (TPSA) is 21.3 Å². The van der Waals surface area contributed by atoms with Gasteiger partial charge in [0.05, 0.1) is 7.11 Å². The minimum atomic E-state index is 0.701. The third-order valence-electron chi connectivity index (χ3n) is 5.58. The number of ether oxygens (including phenoxy) is 1. The first-order valence-electron chi connectivity index (χ1n) is 8.66. The van der Waals surface area contributed by atoms with Crippen LogP contribution in [-0.2, 0) is 0 Å². The fraction of sp³-hybridized carbons (Fsp3) is 0.684. The highest BCUT2D eigenvalue weighted by atomic mass is 16.5. The molecule has 0 amide bonds. The Hall–Kier alpha value is -1.02. The minimum Gasteiger partial charge on any atom is -0.497 e. The lowest BCUT2D eigenvalue weighted by atomic mass is 9.75. The fourth-order valence-corrected chi connectivity index (χ4v) is 4.04. The average Bonchev–Trinajstić information content (AvgIpc) is 2.51. The number of nitrogens with one attached hydrogen (secondary N) is 1. The van der Waals surface area contributed by atoms with E-state index in [4.69, 9.17) is 4.74 Å². The summed E-state index contributed by atoms with van der Waals surface area (Å²) in [6, 6.07) is 10.1. The summed E-state index contributed by atoms with van der Waals surface area (Å²) in [5, 5.41) is 3.88. The summed E-state index contributed by atoms with van der Waals surface area (Å²) in [5.74, 6) is 2.62. The van der Waals surface area contributed by atoms with Crippen LogP contribution in [0, 0.1) is 5.92 Å². The lowest BCUT2D eigenvalue weighted by Gasteiger charge is -2.40. The molecule has 0 spiro atoms. The molecule has 2 saturated carbocycles. The zero-order valence-electron chi connectivity index (χ0n) is 13.5. The molecular weight excluding hydrogens is 258 g/mol. The first-order chi connectivity index (χ1) is 10.3. The molecule has 0 saturated heterocycles. The second kappa shape index (κ2) is 6.83. The maximum absolute atomic E-state index is 5.23. The maximum atomic E-state index is 5.23. The average molecular weight is 287 g/mol. The van der Waals surface area contributed by atoms with Crippen molar-refractivity contribution >= 4 is 0 Å². The Kier molecular flexibility index (Phi) is 4.84. The molecule has 21 heavy (non-hydrogen) atoms. The summed E-state index contributed by atoms with van der Waals surface area (Å²) in [5.41, 5.74) is 1.47. The van der Waals surface area contributed by atoms with Crippen LogP contribution in [0.25, 0.3) is 0 Å². The molecule has 2 nitrogen and oxygen atoms in total. The van der Waals surface area contributed by atoms with Crippen LogP contribution in [0.4, 0.5) is 0 Å². The van der Waals surface area contributed by atoms with Gasteiger partial charge in [-0.25, -0.2) is 0 Å². The van der Waals surface area contributed by atoms with E-state index < -0.39 is 0 Å². The Balaban J connectivity index is 1.44. The van der Waals surface area contributed by atoms with Gasteiger partial charge in [0.25, 0.3) is 0 Å². The third-order valence-corrected chi connectivity index (χ3v) is 5.58. The molecule has 1 aromatic rings. The molecule has 0 heterocycles. The Morgan fingerprint density at radius 2 is 1.71 bits per heavy atom. The molecule has 116 valence electrons. The smallest absolute Gasteiger partial charge is 0.118 e. The number of hydrogen-bond donors (Lipinski definition) is 1. The lowest BCUT2D eigenvalue weighted by molar-refractivity contribution is 0.211. The molecule has 0 radical (unpaired) electrons. The highest BCUT2D eigenvalue weighted by Gasteiger charge is 2.32. The van der Waals surface area contributed by atoms with E-state index in [9.17, 15) is 0 Å². The van der Waals surface area contributed by atoms with Crippen LogP contribution in [0.5, 0.6) is 5.75 Å². The Labute approximate surface area is 129 Å². The minimum absolute atomic E-state index is 0.701. The second-order valence-electron chi connectivity index (χ2n) is 6.99. The molecule has 0 aromatic heterocycles. The summed E-state index contributed by atoms with van der Waals surface area (Å²) < 4.78 is 5.23. The SMILES string of the molecule is COc1ccc(C2CC(N[C@H](C)C3CCCCC3)C2)cc1. The van der Waals surface area contributed by atoms with Gasteiger partial charge < -0.3 is 10.1 Å². The highest BCUT2D eigenvalue weighted by molar-refractivity contribution is 5.30. The summed E-state index contributed by atoms with van der Waals surface area (Å²) in [6.07, 6.45) is 9.79. The highest BCUT2D eigenvalue weighted by Crippen LogP contribution is 2.38. The summed E-state index contributed by atoms with van der Waals surface area (Å²) >= 11 is 0. The van der Waals surface area contributed by atoms with Crippen LogP contribution < -0.4 is 10.1 Å². The van der Waals surface area contributed by atoms with Crippen molar-refractivity contribution in [2.24, 2.45) is 5.92 Å². The van der Waals surface area contributed by atoms with Crippen molar-refractivity contribution < 1.29 is 4.74 Å². The largest absolute Gasteiger partial charge is 0.497 e. The predicted molar refractivity (Wildman–Crippen MR) is 87.9 cm³/mol. The summed E-state index contributed by atoms with van der Waals surface area (Å²) in [4.78, 5) is 0. The van der Waals surface area contributed by atoms with Crippen molar-refractivity contribution in [1.82, 2.24) is 5.32 Å². The van der Waals surface area contributed by atoms with Gasteiger partial charge in [-0.15, -0.1) is 0 Å². The van der Waals surface area contributed by atoms with Gasteiger partial charge in [-0.05, 0) is 62.1 Å². The first-order valence-corrected chi connectivity index (χ1v) is 8.66. The first kappa shape index (κ1) is 14.9. The quantitative estimate of drug-likeness (QED) is 0.861. The molecule has 2 aliphatic carbocycles. The molecule has 1 N–H and O–H groups in total. The van der Waals surface area contributed by atoms with Crippen LogP contribution in [0.1, 0.15) is 63.4 Å². The molecule has 2 aliphatic rings. The van der Waals surface area contributed by atoms with Crippen molar-refractivity contribution in [3.63, 3.8) is 0 Å². The molecule has 0 bridgehead atoms. The van der Waals surface area contributed by atoms with Crippen molar-refractivity contribution in [3.05, 3.63) is 29.8 Å². The molecular formula is C19H29NO. The van der Waals surface area contributed by atoms with Crippen LogP contribution in [0.2, 0.25) is 0 Å². The van der Waals surface area contributed by atoms with E-state index in [0.29, 0.717) is 6.04 Å². The molecule has 2 fully saturated rings. The number of hydrogen-bond acceptors (Lipinski definition) is 2. The number of benzene rings is 1. The van der Waals surface area contributed by atoms with E-state index >= 15 is 0 Å². The molecule has 1 atom stereocenters. The van der Waals surface area contributed by atoms with E-state index in [1.807, 2.05) is 0 Å². The third kappa shape index (κ3) is 3.60. The molecule has 1 aromatic carbocycles. The van der Waals surface area contributed by atoms with Gasteiger partial charge in [0.2, 0.25) is 0 Å². The fourth-order valence-electron chi connectivity index (χ4n) is 4.04. The molecule has 3 rings (SSSR count). The van der Waals surface area contributed by atoms with Crippen LogP contribution in [-0.4, -0.2) is 19.2 Å². The van der Waals surface area contributed by atoms with Gasteiger partial charge in [-0.3, -0.25) is 0 Å². The second-order valence-corrected chi connectivity index (χ2v) is 6.99. The molecule has 2 heteroatoms. The van der Waals surface area contributed by atoms with Gasteiger partial charge in [-0.2, -0.15) is 0 Å². The van der Waals surface area contributed by atoms with Crippen molar-refractivity contribution in [1.29, 1.82) is 0 Å². The van der Waals surface area contributed by atoms with Crippen LogP contribution >= 0.6 is 0 Å². The normalized spacial score (nSPS) is 27.9. The van der Waals surface area contributed by atoms with E-state index in [-0.39, 0.29) is 0 Å². The van der Waals surface area contributed by atoms with E-state index in [0.717, 1.165) is 23.6 Å². The zero-order chi connectivity index (χ0) is 14.7. The summed E-state index contributed by atoms with van der Waals surface area (Å²) in [6.45, 7) is 2.40.